The van der Waals surface area contributed by atoms with Crippen molar-refractivity contribution in [3.05, 3.63) is 40.8 Å². The van der Waals surface area contributed by atoms with Crippen LogP contribution in [0.4, 0.5) is 20.4 Å². The molecular weight excluding hydrogens is 438 g/mol. The SMILES string of the molecule is Cc1sc(-c2cnn(C)c2C(=O)Nc2ccn3nc(N4CCCC4)nc3c2)nc1C(F)F. The van der Waals surface area contributed by atoms with Crippen molar-refractivity contribution in [1.82, 2.24) is 29.4 Å². The molecule has 0 atom stereocenters. The molecule has 0 saturated carbocycles. The van der Waals surface area contributed by atoms with E-state index in [1.807, 2.05) is 0 Å². The number of hydrogen-bond donors (Lipinski definition) is 1. The van der Waals surface area contributed by atoms with E-state index in [2.05, 4.69) is 30.4 Å². The molecule has 1 amide bonds. The summed E-state index contributed by atoms with van der Waals surface area (Å²) in [6.45, 7) is 3.46. The van der Waals surface area contributed by atoms with E-state index in [9.17, 15) is 13.6 Å². The number of hydrogen-bond acceptors (Lipinski definition) is 7. The number of nitrogens with zero attached hydrogens (tertiary/aromatic N) is 7. The lowest BCUT2D eigenvalue weighted by atomic mass is 10.2. The lowest BCUT2D eigenvalue weighted by molar-refractivity contribution is 0.101. The molecule has 0 aliphatic carbocycles. The van der Waals surface area contributed by atoms with Crippen molar-refractivity contribution in [1.29, 1.82) is 0 Å². The Labute approximate surface area is 185 Å². The summed E-state index contributed by atoms with van der Waals surface area (Å²) in [7, 11) is 1.62. The average molecular weight is 458 g/mol. The van der Waals surface area contributed by atoms with Crippen LogP contribution in [0.1, 0.15) is 40.3 Å². The Kier molecular flexibility index (Phi) is 5.08. The zero-order valence-corrected chi connectivity index (χ0v) is 18.2. The van der Waals surface area contributed by atoms with E-state index >= 15 is 0 Å². The second kappa shape index (κ2) is 7.93. The fourth-order valence-corrected chi connectivity index (χ4v) is 4.71. The highest BCUT2D eigenvalue weighted by Crippen LogP contribution is 2.34. The third kappa shape index (κ3) is 3.60. The molecule has 0 spiro atoms. The van der Waals surface area contributed by atoms with E-state index < -0.39 is 12.3 Å². The molecule has 0 aromatic carbocycles. The number of rotatable bonds is 5. The van der Waals surface area contributed by atoms with Gasteiger partial charge in [0.1, 0.15) is 16.4 Å². The fraction of sp³-hybridized carbons (Fsp3) is 0.350. The van der Waals surface area contributed by atoms with Crippen molar-refractivity contribution in [3.63, 3.8) is 0 Å². The number of thiazole rings is 1. The number of anilines is 2. The largest absolute Gasteiger partial charge is 0.340 e. The minimum Gasteiger partial charge on any atom is -0.340 e. The van der Waals surface area contributed by atoms with Gasteiger partial charge >= 0.3 is 0 Å². The number of carbonyl (C=O) groups excluding carboxylic acids is 1. The summed E-state index contributed by atoms with van der Waals surface area (Å²) in [4.78, 5) is 24.2. The number of nitrogens with one attached hydrogen (secondary N) is 1. The van der Waals surface area contributed by atoms with Gasteiger partial charge in [0.05, 0.1) is 11.8 Å². The van der Waals surface area contributed by atoms with E-state index in [1.54, 1.807) is 36.8 Å². The third-order valence-corrected chi connectivity index (χ3v) is 6.42. The highest BCUT2D eigenvalue weighted by molar-refractivity contribution is 7.15. The lowest BCUT2D eigenvalue weighted by Crippen LogP contribution is -2.19. The molecule has 1 aliphatic rings. The van der Waals surface area contributed by atoms with Crippen molar-refractivity contribution in [2.75, 3.05) is 23.3 Å². The van der Waals surface area contributed by atoms with Crippen molar-refractivity contribution < 1.29 is 13.6 Å². The molecule has 32 heavy (non-hydrogen) atoms. The summed E-state index contributed by atoms with van der Waals surface area (Å²) in [6, 6.07) is 3.47. The molecule has 0 bridgehead atoms. The van der Waals surface area contributed by atoms with Crippen LogP contribution in [0, 0.1) is 6.92 Å². The van der Waals surface area contributed by atoms with Gasteiger partial charge in [0.15, 0.2) is 5.65 Å². The minimum atomic E-state index is -2.67. The van der Waals surface area contributed by atoms with Crippen LogP contribution >= 0.6 is 11.3 Å². The lowest BCUT2D eigenvalue weighted by Gasteiger charge is -2.10. The van der Waals surface area contributed by atoms with Crippen LogP contribution < -0.4 is 10.2 Å². The second-order valence-corrected chi connectivity index (χ2v) is 8.77. The molecule has 1 saturated heterocycles. The van der Waals surface area contributed by atoms with E-state index in [0.29, 0.717) is 32.7 Å². The van der Waals surface area contributed by atoms with E-state index in [4.69, 9.17) is 0 Å². The molecule has 5 heterocycles. The molecule has 166 valence electrons. The molecule has 9 nitrogen and oxygen atoms in total. The number of pyridine rings is 1. The topological polar surface area (TPSA) is 93.2 Å². The quantitative estimate of drug-likeness (QED) is 0.490. The molecule has 4 aromatic rings. The monoisotopic (exact) mass is 458 g/mol. The van der Waals surface area contributed by atoms with Crippen molar-refractivity contribution in [2.24, 2.45) is 7.05 Å². The summed E-state index contributed by atoms with van der Waals surface area (Å²) in [5.41, 5.74) is 1.53. The van der Waals surface area contributed by atoms with Crippen molar-refractivity contribution in [3.8, 4) is 10.6 Å². The minimum absolute atomic E-state index is 0.235. The van der Waals surface area contributed by atoms with Gasteiger partial charge in [0, 0.05) is 43.0 Å². The van der Waals surface area contributed by atoms with Gasteiger partial charge in [-0.15, -0.1) is 16.4 Å². The Balaban J connectivity index is 1.42. The molecule has 5 rings (SSSR count). The average Bonchev–Trinajstić information content (AvgIpc) is 3.52. The summed E-state index contributed by atoms with van der Waals surface area (Å²) < 4.78 is 29.4. The molecule has 4 aromatic heterocycles. The van der Waals surface area contributed by atoms with Crippen LogP contribution in [0.5, 0.6) is 0 Å². The Morgan fingerprint density at radius 2 is 2.03 bits per heavy atom. The van der Waals surface area contributed by atoms with Gasteiger partial charge in [0.25, 0.3) is 12.3 Å². The number of halogens is 2. The normalized spacial score (nSPS) is 14.1. The van der Waals surface area contributed by atoms with Crippen LogP contribution in [-0.4, -0.2) is 48.4 Å². The van der Waals surface area contributed by atoms with E-state index in [0.717, 1.165) is 37.3 Å². The highest BCUT2D eigenvalue weighted by Gasteiger charge is 2.24. The zero-order valence-electron chi connectivity index (χ0n) is 17.4. The Morgan fingerprint density at radius 1 is 1.25 bits per heavy atom. The molecule has 0 radical (unpaired) electrons. The first-order chi connectivity index (χ1) is 15.4. The van der Waals surface area contributed by atoms with E-state index in [-0.39, 0.29) is 11.4 Å². The van der Waals surface area contributed by atoms with Gasteiger partial charge in [-0.25, -0.2) is 18.3 Å². The first-order valence-electron chi connectivity index (χ1n) is 10.1. The number of amides is 1. The number of carbonyl (C=O) groups is 1. The maximum absolute atomic E-state index is 13.2. The maximum Gasteiger partial charge on any atom is 0.281 e. The molecule has 0 unspecified atom stereocenters. The number of aromatic nitrogens is 6. The first kappa shape index (κ1) is 20.5. The standard InChI is InChI=1S/C20H20F2N8OS/c1-11-15(17(21)22)26-19(32-11)13-10-23-28(2)16(13)18(31)24-12-5-8-30-14(9-12)25-20(27-30)29-6-3-4-7-29/h5,8-10,17H,3-4,6-7H2,1-2H3,(H,24,31). The number of alkyl halides is 2. The van der Waals surface area contributed by atoms with Gasteiger partial charge < -0.3 is 10.2 Å². The van der Waals surface area contributed by atoms with Gasteiger partial charge in [0.2, 0.25) is 5.95 Å². The molecule has 12 heteroatoms. The number of aryl methyl sites for hydroxylation is 2. The van der Waals surface area contributed by atoms with Crippen LogP contribution in [-0.2, 0) is 7.05 Å². The molecule has 1 fully saturated rings. The number of fused-ring (bicyclic) bond motifs is 1. The fourth-order valence-electron chi connectivity index (χ4n) is 3.78. The highest BCUT2D eigenvalue weighted by atomic mass is 32.1. The van der Waals surface area contributed by atoms with Crippen LogP contribution in [0.3, 0.4) is 0 Å². The Morgan fingerprint density at radius 3 is 2.75 bits per heavy atom. The first-order valence-corrected chi connectivity index (χ1v) is 10.9. The van der Waals surface area contributed by atoms with Crippen LogP contribution in [0.25, 0.3) is 16.2 Å². The second-order valence-electron chi connectivity index (χ2n) is 7.57. The van der Waals surface area contributed by atoms with Crippen molar-refractivity contribution in [2.45, 2.75) is 26.2 Å². The van der Waals surface area contributed by atoms with Crippen LogP contribution in [0.15, 0.2) is 24.5 Å². The van der Waals surface area contributed by atoms with Gasteiger partial charge in [-0.2, -0.15) is 10.1 Å². The van der Waals surface area contributed by atoms with Crippen LogP contribution in [0.2, 0.25) is 0 Å². The van der Waals surface area contributed by atoms with Gasteiger partial charge in [-0.1, -0.05) is 0 Å². The Hall–Kier alpha value is -3.41. The predicted molar refractivity (Wildman–Crippen MR) is 116 cm³/mol. The summed E-state index contributed by atoms with van der Waals surface area (Å²) >= 11 is 1.11. The Bertz CT molecular complexity index is 1300. The van der Waals surface area contributed by atoms with Gasteiger partial charge in [-0.3, -0.25) is 9.48 Å². The predicted octanol–water partition coefficient (Wildman–Crippen LogP) is 3.68. The smallest absolute Gasteiger partial charge is 0.281 e. The van der Waals surface area contributed by atoms with E-state index in [1.165, 1.54) is 10.9 Å². The summed E-state index contributed by atoms with van der Waals surface area (Å²) in [6.07, 6.45) is 2.78. The van der Waals surface area contributed by atoms with Crippen molar-refractivity contribution >= 4 is 34.5 Å². The summed E-state index contributed by atoms with van der Waals surface area (Å²) in [5, 5.41) is 11.8. The summed E-state index contributed by atoms with van der Waals surface area (Å²) in [5.74, 6) is 0.254. The third-order valence-electron chi connectivity index (χ3n) is 5.40. The van der Waals surface area contributed by atoms with Gasteiger partial charge in [-0.05, 0) is 25.8 Å². The zero-order chi connectivity index (χ0) is 22.4. The molecular formula is C20H20F2N8OS. The molecule has 1 aliphatic heterocycles. The molecule has 1 N–H and O–H groups in total. The maximum atomic E-state index is 13.2.